The van der Waals surface area contributed by atoms with Crippen LogP contribution in [0.25, 0.3) is 0 Å². The Bertz CT molecular complexity index is 731. The van der Waals surface area contributed by atoms with Crippen molar-refractivity contribution in [3.8, 4) is 0 Å². The predicted molar refractivity (Wildman–Crippen MR) is 80.7 cm³/mol. The summed E-state index contributed by atoms with van der Waals surface area (Å²) in [6, 6.07) is 5.25. The van der Waals surface area contributed by atoms with Gasteiger partial charge in [0, 0.05) is 17.8 Å². The average molecular weight is 309 g/mol. The highest BCUT2D eigenvalue weighted by molar-refractivity contribution is 7.89. The molecule has 0 atom stereocenters. The van der Waals surface area contributed by atoms with Crippen molar-refractivity contribution in [1.29, 1.82) is 0 Å². The van der Waals surface area contributed by atoms with Gasteiger partial charge in [0.05, 0.1) is 10.6 Å². The van der Waals surface area contributed by atoms with Crippen LogP contribution in [0.3, 0.4) is 0 Å². The van der Waals surface area contributed by atoms with Crippen molar-refractivity contribution < 1.29 is 12.9 Å². The molecule has 7 heteroatoms. The average Bonchev–Trinajstić information content (AvgIpc) is 2.77. The molecule has 21 heavy (non-hydrogen) atoms. The first kappa shape index (κ1) is 15.5. The highest BCUT2D eigenvalue weighted by atomic mass is 32.2. The Labute approximate surface area is 124 Å². The van der Waals surface area contributed by atoms with E-state index in [1.165, 1.54) is 7.05 Å². The summed E-state index contributed by atoms with van der Waals surface area (Å²) in [5, 5.41) is 7.09. The second-order valence-electron chi connectivity index (χ2n) is 4.84. The number of sulfonamides is 1. The molecule has 0 saturated heterocycles. The number of aryl methyl sites for hydroxylation is 3. The van der Waals surface area contributed by atoms with Crippen LogP contribution in [0.4, 0.5) is 5.69 Å². The maximum absolute atomic E-state index is 12.0. The van der Waals surface area contributed by atoms with Gasteiger partial charge in [0.1, 0.15) is 5.76 Å². The first-order valence-corrected chi connectivity index (χ1v) is 8.03. The Kier molecular flexibility index (Phi) is 4.34. The number of hydrogen-bond acceptors (Lipinski definition) is 5. The molecule has 6 nitrogen and oxygen atoms in total. The molecule has 0 saturated carbocycles. The van der Waals surface area contributed by atoms with E-state index in [4.69, 9.17) is 4.52 Å². The van der Waals surface area contributed by atoms with Gasteiger partial charge in [-0.15, -0.1) is 0 Å². The lowest BCUT2D eigenvalue weighted by molar-refractivity contribution is 0.392. The van der Waals surface area contributed by atoms with Gasteiger partial charge in [-0.05, 0) is 45.5 Å². The number of hydrogen-bond donors (Lipinski definition) is 2. The number of anilines is 1. The number of aromatic nitrogens is 1. The molecule has 0 amide bonds. The van der Waals surface area contributed by atoms with E-state index in [1.54, 1.807) is 19.1 Å². The first-order valence-electron chi connectivity index (χ1n) is 6.55. The lowest BCUT2D eigenvalue weighted by Crippen LogP contribution is -2.19. The Morgan fingerprint density at radius 1 is 1.24 bits per heavy atom. The van der Waals surface area contributed by atoms with Crippen molar-refractivity contribution in [3.63, 3.8) is 0 Å². The van der Waals surface area contributed by atoms with Gasteiger partial charge in [0.25, 0.3) is 0 Å². The van der Waals surface area contributed by atoms with Gasteiger partial charge in [-0.3, -0.25) is 0 Å². The molecule has 1 aromatic carbocycles. The minimum atomic E-state index is -3.46. The Balaban J connectivity index is 2.25. The van der Waals surface area contributed by atoms with E-state index >= 15 is 0 Å². The molecule has 1 aromatic heterocycles. The molecule has 0 aliphatic carbocycles. The van der Waals surface area contributed by atoms with Crippen molar-refractivity contribution in [2.75, 3.05) is 12.4 Å². The van der Waals surface area contributed by atoms with Crippen LogP contribution in [0.2, 0.25) is 0 Å². The van der Waals surface area contributed by atoms with Crippen LogP contribution < -0.4 is 10.0 Å². The second kappa shape index (κ2) is 5.87. The summed E-state index contributed by atoms with van der Waals surface area (Å²) in [5.74, 6) is 0.759. The zero-order valence-corrected chi connectivity index (χ0v) is 13.3. The van der Waals surface area contributed by atoms with Gasteiger partial charge in [-0.2, -0.15) is 0 Å². The fourth-order valence-electron chi connectivity index (χ4n) is 2.05. The molecular formula is C14H19N3O3S. The van der Waals surface area contributed by atoms with Crippen molar-refractivity contribution in [2.45, 2.75) is 32.2 Å². The summed E-state index contributed by atoms with van der Waals surface area (Å²) in [6.07, 6.45) is 0. The topological polar surface area (TPSA) is 84.2 Å². The SMILES string of the molecule is CNS(=O)(=O)c1cc(NCc2c(C)noc2C)ccc1C. The van der Waals surface area contributed by atoms with Crippen molar-refractivity contribution in [1.82, 2.24) is 9.88 Å². The summed E-state index contributed by atoms with van der Waals surface area (Å²) in [7, 11) is -2.06. The Morgan fingerprint density at radius 3 is 2.52 bits per heavy atom. The highest BCUT2D eigenvalue weighted by Crippen LogP contribution is 2.21. The third-order valence-corrected chi connectivity index (χ3v) is 4.95. The van der Waals surface area contributed by atoms with Gasteiger partial charge in [-0.25, -0.2) is 13.1 Å². The van der Waals surface area contributed by atoms with Crippen molar-refractivity contribution in [3.05, 3.63) is 40.8 Å². The maximum Gasteiger partial charge on any atom is 0.240 e. The number of nitrogens with one attached hydrogen (secondary N) is 2. The quantitative estimate of drug-likeness (QED) is 0.884. The third-order valence-electron chi connectivity index (χ3n) is 3.40. The minimum Gasteiger partial charge on any atom is -0.381 e. The van der Waals surface area contributed by atoms with Crippen LogP contribution in [0.5, 0.6) is 0 Å². The summed E-state index contributed by atoms with van der Waals surface area (Å²) in [5.41, 5.74) is 3.24. The van der Waals surface area contributed by atoms with Gasteiger partial charge >= 0.3 is 0 Å². The third kappa shape index (κ3) is 3.25. The van der Waals surface area contributed by atoms with E-state index < -0.39 is 10.0 Å². The zero-order valence-electron chi connectivity index (χ0n) is 12.5. The largest absolute Gasteiger partial charge is 0.381 e. The fraction of sp³-hybridized carbons (Fsp3) is 0.357. The normalized spacial score (nSPS) is 11.6. The van der Waals surface area contributed by atoms with Crippen LogP contribution in [0.15, 0.2) is 27.6 Å². The molecule has 0 spiro atoms. The van der Waals surface area contributed by atoms with Crippen LogP contribution in [-0.2, 0) is 16.6 Å². The van der Waals surface area contributed by atoms with Gasteiger partial charge < -0.3 is 9.84 Å². The molecule has 114 valence electrons. The molecule has 0 fully saturated rings. The molecule has 0 radical (unpaired) electrons. The molecular weight excluding hydrogens is 290 g/mol. The lowest BCUT2D eigenvalue weighted by atomic mass is 10.2. The molecule has 0 bridgehead atoms. The van der Waals surface area contributed by atoms with Crippen LogP contribution in [0.1, 0.15) is 22.6 Å². The Morgan fingerprint density at radius 2 is 1.95 bits per heavy atom. The van der Waals surface area contributed by atoms with Gasteiger partial charge in [-0.1, -0.05) is 11.2 Å². The minimum absolute atomic E-state index is 0.272. The van der Waals surface area contributed by atoms with Gasteiger partial charge in [0.15, 0.2) is 0 Å². The van der Waals surface area contributed by atoms with Crippen LogP contribution in [0, 0.1) is 20.8 Å². The summed E-state index contributed by atoms with van der Waals surface area (Å²) < 4.78 is 31.3. The van der Waals surface area contributed by atoms with E-state index in [9.17, 15) is 8.42 Å². The zero-order chi connectivity index (χ0) is 15.6. The van der Waals surface area contributed by atoms with E-state index in [0.717, 1.165) is 22.7 Å². The number of benzene rings is 1. The Hall–Kier alpha value is -1.86. The molecule has 2 rings (SSSR count). The maximum atomic E-state index is 12.0. The molecule has 1 heterocycles. The van der Waals surface area contributed by atoms with Crippen molar-refractivity contribution >= 4 is 15.7 Å². The monoisotopic (exact) mass is 309 g/mol. The molecule has 0 unspecified atom stereocenters. The van der Waals surface area contributed by atoms with Crippen LogP contribution >= 0.6 is 0 Å². The lowest BCUT2D eigenvalue weighted by Gasteiger charge is -2.11. The second-order valence-corrected chi connectivity index (χ2v) is 6.70. The van der Waals surface area contributed by atoms with E-state index in [2.05, 4.69) is 15.2 Å². The summed E-state index contributed by atoms with van der Waals surface area (Å²) in [6.45, 7) is 6.02. The standard InChI is InChI=1S/C14H19N3O3S/c1-9-5-6-12(7-14(9)21(18,19)15-4)16-8-13-10(2)17-20-11(13)3/h5-7,15-16H,8H2,1-4H3. The van der Waals surface area contributed by atoms with Crippen LogP contribution in [-0.4, -0.2) is 20.6 Å². The molecule has 0 aliphatic rings. The number of rotatable bonds is 5. The molecule has 2 N–H and O–H groups in total. The highest BCUT2D eigenvalue weighted by Gasteiger charge is 2.15. The predicted octanol–water partition coefficient (Wildman–Crippen LogP) is 2.12. The van der Waals surface area contributed by atoms with E-state index in [-0.39, 0.29) is 4.90 Å². The van der Waals surface area contributed by atoms with Crippen molar-refractivity contribution in [2.24, 2.45) is 0 Å². The summed E-state index contributed by atoms with van der Waals surface area (Å²) in [4.78, 5) is 0.272. The summed E-state index contributed by atoms with van der Waals surface area (Å²) >= 11 is 0. The first-order chi connectivity index (χ1) is 9.85. The molecule has 2 aromatic rings. The smallest absolute Gasteiger partial charge is 0.240 e. The van der Waals surface area contributed by atoms with Gasteiger partial charge in [0.2, 0.25) is 10.0 Å². The number of nitrogens with zero attached hydrogens (tertiary/aromatic N) is 1. The molecule has 0 aliphatic heterocycles. The fourth-order valence-corrected chi connectivity index (χ4v) is 3.05. The van der Waals surface area contributed by atoms with E-state index in [0.29, 0.717) is 12.1 Å². The van der Waals surface area contributed by atoms with E-state index in [1.807, 2.05) is 19.9 Å².